The molecule has 1 rings (SSSR count). The molecule has 0 aliphatic heterocycles. The lowest BCUT2D eigenvalue weighted by Crippen LogP contribution is -2.58. The quantitative estimate of drug-likeness (QED) is 0.127. The fourth-order valence-corrected chi connectivity index (χ4v) is 3.00. The first-order chi connectivity index (χ1) is 15.9. The molecule has 14 nitrogen and oxygen atoms in total. The monoisotopic (exact) mass is 483 g/mol. The lowest BCUT2D eigenvalue weighted by atomic mass is 10.0. The molecule has 0 aliphatic carbocycles. The smallest absolute Gasteiger partial charge is 0.326 e. The minimum absolute atomic E-state index is 0.0118. The summed E-state index contributed by atoms with van der Waals surface area (Å²) < 4.78 is 0. The molecular weight excluding hydrogens is 450 g/mol. The maximum absolute atomic E-state index is 12.9. The summed E-state index contributed by atoms with van der Waals surface area (Å²) in [6.45, 7) is 2.93. The number of rotatable bonds is 15. The number of hydrogen-bond acceptors (Lipinski definition) is 8. The Labute approximate surface area is 196 Å². The second-order valence-corrected chi connectivity index (χ2v) is 8.23. The van der Waals surface area contributed by atoms with Crippen LogP contribution in [0.3, 0.4) is 0 Å². The van der Waals surface area contributed by atoms with Crippen LogP contribution in [-0.2, 0) is 30.4 Å². The maximum Gasteiger partial charge on any atom is 0.326 e. The van der Waals surface area contributed by atoms with Crippen LogP contribution in [0.25, 0.3) is 0 Å². The minimum atomic E-state index is -1.52. The van der Waals surface area contributed by atoms with E-state index in [1.165, 1.54) is 12.5 Å². The van der Waals surface area contributed by atoms with Crippen LogP contribution in [0.4, 0.5) is 0 Å². The van der Waals surface area contributed by atoms with Crippen LogP contribution in [0.2, 0.25) is 0 Å². The van der Waals surface area contributed by atoms with E-state index in [1.807, 2.05) is 13.8 Å². The third kappa shape index (κ3) is 9.95. The fraction of sp³-hybridized carbons (Fsp3) is 0.600. The molecule has 1 heterocycles. The number of nitrogens with one attached hydrogen (secondary N) is 4. The number of nitrogens with zero attached hydrogens (tertiary/aromatic N) is 1. The minimum Gasteiger partial charge on any atom is -0.480 e. The summed E-state index contributed by atoms with van der Waals surface area (Å²) in [5.41, 5.74) is 11.4. The number of aromatic amines is 1. The molecule has 34 heavy (non-hydrogen) atoms. The Hall–Kier alpha value is -3.52. The van der Waals surface area contributed by atoms with Crippen molar-refractivity contribution in [3.8, 4) is 0 Å². The number of hydrogen-bond donors (Lipinski definition) is 8. The summed E-state index contributed by atoms with van der Waals surface area (Å²) >= 11 is 0. The molecule has 0 spiro atoms. The van der Waals surface area contributed by atoms with Gasteiger partial charge in [0, 0.05) is 24.7 Å². The number of aliphatic hydroxyl groups is 1. The molecule has 0 aromatic carbocycles. The van der Waals surface area contributed by atoms with Crippen molar-refractivity contribution in [1.82, 2.24) is 25.9 Å². The van der Waals surface area contributed by atoms with Gasteiger partial charge in [-0.15, -0.1) is 0 Å². The van der Waals surface area contributed by atoms with Crippen molar-refractivity contribution in [2.75, 3.05) is 6.61 Å². The van der Waals surface area contributed by atoms with Gasteiger partial charge in [0.1, 0.15) is 18.1 Å². The fourth-order valence-electron chi connectivity index (χ4n) is 3.00. The summed E-state index contributed by atoms with van der Waals surface area (Å²) in [5.74, 6) is -4.40. The van der Waals surface area contributed by atoms with E-state index in [1.54, 1.807) is 0 Å². The van der Waals surface area contributed by atoms with Gasteiger partial charge in [-0.05, 0) is 18.8 Å². The van der Waals surface area contributed by atoms with Crippen LogP contribution in [-0.4, -0.2) is 80.6 Å². The lowest BCUT2D eigenvalue weighted by molar-refractivity contribution is -0.143. The number of imidazole rings is 1. The van der Waals surface area contributed by atoms with Gasteiger partial charge >= 0.3 is 5.97 Å². The molecule has 10 N–H and O–H groups in total. The zero-order valence-electron chi connectivity index (χ0n) is 19.1. The zero-order valence-corrected chi connectivity index (χ0v) is 19.1. The number of nitrogens with two attached hydrogens (primary N) is 2. The van der Waals surface area contributed by atoms with Crippen LogP contribution < -0.4 is 27.4 Å². The predicted octanol–water partition coefficient (Wildman–Crippen LogP) is -2.88. The van der Waals surface area contributed by atoms with E-state index in [0.29, 0.717) is 12.1 Å². The number of carboxylic acids is 1. The van der Waals surface area contributed by atoms with Crippen molar-refractivity contribution < 1.29 is 34.2 Å². The molecule has 0 radical (unpaired) electrons. The van der Waals surface area contributed by atoms with Gasteiger partial charge in [0.25, 0.3) is 0 Å². The maximum atomic E-state index is 12.9. The molecule has 4 amide bonds. The average Bonchev–Trinajstić information content (AvgIpc) is 3.26. The van der Waals surface area contributed by atoms with Crippen molar-refractivity contribution in [1.29, 1.82) is 0 Å². The SMILES string of the molecule is CC(C)CC(N)C(=O)NC(Cc1cnc[nH]1)C(=O)NC(CO)C(=O)NC(CCC(N)=O)C(=O)O. The summed E-state index contributed by atoms with van der Waals surface area (Å²) in [7, 11) is 0. The molecule has 0 fully saturated rings. The third-order valence-electron chi connectivity index (χ3n) is 4.78. The molecule has 14 heteroatoms. The van der Waals surface area contributed by atoms with E-state index < -0.39 is 60.4 Å². The highest BCUT2D eigenvalue weighted by Crippen LogP contribution is 2.05. The van der Waals surface area contributed by atoms with E-state index in [0.717, 1.165) is 0 Å². The number of carbonyl (C=O) groups excluding carboxylic acids is 4. The molecule has 0 aliphatic rings. The molecule has 0 saturated heterocycles. The highest BCUT2D eigenvalue weighted by atomic mass is 16.4. The van der Waals surface area contributed by atoms with Crippen molar-refractivity contribution in [3.63, 3.8) is 0 Å². The molecule has 4 unspecified atom stereocenters. The number of amides is 4. The Morgan fingerprint density at radius 3 is 2.12 bits per heavy atom. The van der Waals surface area contributed by atoms with Crippen molar-refractivity contribution >= 4 is 29.6 Å². The normalized spacial score (nSPS) is 14.5. The standard InChI is InChI=1S/C20H33N7O7/c1-10(2)5-12(21)17(30)26-14(6-11-7-23-9-24-11)18(31)27-15(8-28)19(32)25-13(20(33)34)3-4-16(22)29/h7,9-10,12-15,28H,3-6,8,21H2,1-2H3,(H2,22,29)(H,23,24)(H,25,32)(H,26,30)(H,27,31)(H,33,34). The molecule has 0 saturated carbocycles. The first-order valence-electron chi connectivity index (χ1n) is 10.7. The first-order valence-corrected chi connectivity index (χ1v) is 10.7. The van der Waals surface area contributed by atoms with Gasteiger partial charge in [-0.2, -0.15) is 0 Å². The summed E-state index contributed by atoms with van der Waals surface area (Å²) in [5, 5.41) is 25.8. The van der Waals surface area contributed by atoms with Gasteiger partial charge in [0.2, 0.25) is 23.6 Å². The summed E-state index contributed by atoms with van der Waals surface area (Å²) in [4.78, 5) is 66.8. The molecule has 0 bridgehead atoms. The van der Waals surface area contributed by atoms with Crippen molar-refractivity contribution in [2.24, 2.45) is 17.4 Å². The number of H-pyrrole nitrogens is 1. The van der Waals surface area contributed by atoms with Crippen LogP contribution in [0, 0.1) is 5.92 Å². The van der Waals surface area contributed by atoms with E-state index in [4.69, 9.17) is 11.5 Å². The Morgan fingerprint density at radius 2 is 1.62 bits per heavy atom. The van der Waals surface area contributed by atoms with Crippen molar-refractivity contribution in [3.05, 3.63) is 18.2 Å². The van der Waals surface area contributed by atoms with E-state index in [2.05, 4.69) is 25.9 Å². The largest absolute Gasteiger partial charge is 0.480 e. The highest BCUT2D eigenvalue weighted by Gasteiger charge is 2.30. The molecule has 1 aromatic heterocycles. The molecule has 1 aromatic rings. The van der Waals surface area contributed by atoms with Gasteiger partial charge in [0.05, 0.1) is 19.0 Å². The third-order valence-corrected chi connectivity index (χ3v) is 4.78. The van der Waals surface area contributed by atoms with E-state index in [-0.39, 0.29) is 25.2 Å². The van der Waals surface area contributed by atoms with E-state index in [9.17, 15) is 34.2 Å². The predicted molar refractivity (Wildman–Crippen MR) is 119 cm³/mol. The average molecular weight is 484 g/mol. The topological polar surface area (TPSA) is 243 Å². The first kappa shape index (κ1) is 28.5. The zero-order chi connectivity index (χ0) is 25.8. The van der Waals surface area contributed by atoms with Gasteiger partial charge < -0.3 is 42.6 Å². The van der Waals surface area contributed by atoms with Crippen LogP contribution >= 0.6 is 0 Å². The van der Waals surface area contributed by atoms with Gasteiger partial charge in [-0.3, -0.25) is 19.2 Å². The Morgan fingerprint density at radius 1 is 1.03 bits per heavy atom. The van der Waals surface area contributed by atoms with Crippen molar-refractivity contribution in [2.45, 2.75) is 63.7 Å². The number of aromatic nitrogens is 2. The van der Waals surface area contributed by atoms with Gasteiger partial charge in [-0.1, -0.05) is 13.8 Å². The van der Waals surface area contributed by atoms with Crippen LogP contribution in [0.1, 0.15) is 38.8 Å². The highest BCUT2D eigenvalue weighted by molar-refractivity contribution is 5.94. The number of carboxylic acid groups (broad SMARTS) is 1. The summed E-state index contributed by atoms with van der Waals surface area (Å²) in [6.07, 6.45) is 2.65. The summed E-state index contributed by atoms with van der Waals surface area (Å²) in [6, 6.07) is -5.01. The van der Waals surface area contributed by atoms with Gasteiger partial charge in [0.15, 0.2) is 0 Å². The van der Waals surface area contributed by atoms with Crippen LogP contribution in [0.5, 0.6) is 0 Å². The van der Waals surface area contributed by atoms with E-state index >= 15 is 0 Å². The Balaban J connectivity index is 2.91. The molecular formula is C20H33N7O7. The lowest BCUT2D eigenvalue weighted by Gasteiger charge is -2.24. The number of aliphatic carboxylic acids is 1. The second-order valence-electron chi connectivity index (χ2n) is 8.23. The Bertz CT molecular complexity index is 844. The number of primary amides is 1. The Kier molecular flexibility index (Phi) is 11.7. The second kappa shape index (κ2) is 13.9. The van der Waals surface area contributed by atoms with Gasteiger partial charge in [-0.25, -0.2) is 9.78 Å². The number of aliphatic hydroxyl groups excluding tert-OH is 1. The molecule has 4 atom stereocenters. The number of carbonyl (C=O) groups is 5. The van der Waals surface area contributed by atoms with Crippen LogP contribution in [0.15, 0.2) is 12.5 Å². The molecule has 190 valence electrons.